The van der Waals surface area contributed by atoms with E-state index in [1.807, 2.05) is 91.0 Å². The van der Waals surface area contributed by atoms with Gasteiger partial charge in [0.1, 0.15) is 0 Å². The van der Waals surface area contributed by atoms with Gasteiger partial charge in [-0.3, -0.25) is 4.79 Å². The van der Waals surface area contributed by atoms with Crippen molar-refractivity contribution in [2.45, 2.75) is 0 Å². The average Bonchev–Trinajstić information content (AvgIpc) is 2.84. The number of carbonyl (C=O) groups is 1. The zero-order valence-corrected chi connectivity index (χ0v) is 18.8. The Morgan fingerprint density at radius 1 is 0.677 bits per heavy atom. The first-order valence-corrected chi connectivity index (χ1v) is 10.6. The van der Waals surface area contributed by atoms with Crippen LogP contribution in [0.4, 0.5) is 0 Å². The highest BCUT2D eigenvalue weighted by atomic mass is 79.9. The van der Waals surface area contributed by atoms with E-state index < -0.39 is 0 Å². The molecule has 0 fully saturated rings. The van der Waals surface area contributed by atoms with Crippen LogP contribution in [-0.2, 0) is 0 Å². The third kappa shape index (κ3) is 4.25. The van der Waals surface area contributed by atoms with Gasteiger partial charge in [-0.1, -0.05) is 88.7 Å². The maximum Gasteiger partial charge on any atom is 0.193 e. The second kappa shape index (κ2) is 9.19. The molecule has 0 aliphatic rings. The van der Waals surface area contributed by atoms with E-state index in [4.69, 9.17) is 9.47 Å². The topological polar surface area (TPSA) is 35.5 Å². The number of rotatable bonds is 6. The third-order valence-electron chi connectivity index (χ3n) is 5.17. The van der Waals surface area contributed by atoms with Crippen molar-refractivity contribution in [3.05, 3.63) is 107 Å². The molecule has 0 unspecified atom stereocenters. The Morgan fingerprint density at radius 2 is 1.29 bits per heavy atom. The number of hydrogen-bond donors (Lipinski definition) is 0. The van der Waals surface area contributed by atoms with Crippen molar-refractivity contribution < 1.29 is 14.3 Å². The van der Waals surface area contributed by atoms with Crippen molar-refractivity contribution >= 4 is 21.7 Å². The number of carbonyl (C=O) groups excluding carboxylic acids is 1. The van der Waals surface area contributed by atoms with Gasteiger partial charge in [-0.15, -0.1) is 0 Å². The first kappa shape index (κ1) is 20.9. The van der Waals surface area contributed by atoms with E-state index in [1.54, 1.807) is 14.2 Å². The Labute approximate surface area is 190 Å². The Kier molecular flexibility index (Phi) is 6.19. The molecule has 0 heterocycles. The molecular formula is C27H21BrO3. The predicted octanol–water partition coefficient (Wildman–Crippen LogP) is 7.03. The van der Waals surface area contributed by atoms with Crippen LogP contribution >= 0.6 is 15.9 Å². The van der Waals surface area contributed by atoms with Gasteiger partial charge in [0.05, 0.1) is 14.2 Å². The number of halogens is 1. The Morgan fingerprint density at radius 3 is 1.94 bits per heavy atom. The molecule has 0 aromatic heterocycles. The Bertz CT molecular complexity index is 1220. The monoisotopic (exact) mass is 472 g/mol. The van der Waals surface area contributed by atoms with Gasteiger partial charge in [0.15, 0.2) is 17.3 Å². The van der Waals surface area contributed by atoms with Gasteiger partial charge in [-0.05, 0) is 40.5 Å². The van der Waals surface area contributed by atoms with Crippen LogP contribution in [0.3, 0.4) is 0 Å². The van der Waals surface area contributed by atoms with Crippen LogP contribution in [0.25, 0.3) is 22.3 Å². The van der Waals surface area contributed by atoms with Gasteiger partial charge in [0, 0.05) is 15.6 Å². The van der Waals surface area contributed by atoms with Crippen molar-refractivity contribution in [1.29, 1.82) is 0 Å². The lowest BCUT2D eigenvalue weighted by molar-refractivity contribution is 0.103. The molecule has 0 saturated heterocycles. The van der Waals surface area contributed by atoms with Crippen molar-refractivity contribution in [1.82, 2.24) is 0 Å². The minimum Gasteiger partial charge on any atom is -0.493 e. The van der Waals surface area contributed by atoms with E-state index in [9.17, 15) is 4.79 Å². The molecule has 4 heteroatoms. The molecule has 0 amide bonds. The lowest BCUT2D eigenvalue weighted by atomic mass is 9.90. The molecule has 4 aromatic rings. The van der Waals surface area contributed by atoms with Crippen LogP contribution in [0, 0.1) is 0 Å². The molecule has 0 radical (unpaired) electrons. The standard InChI is InChI=1S/C27H21BrO3/c1-30-25-16-22(24(28)17-26(25)31-2)20-13-14-21(18-9-5-3-6-10-18)23(15-20)27(29)19-11-7-4-8-12-19/h3-17H,1-2H3. The summed E-state index contributed by atoms with van der Waals surface area (Å²) in [7, 11) is 3.22. The van der Waals surface area contributed by atoms with Crippen LogP contribution in [0.1, 0.15) is 15.9 Å². The molecule has 4 aromatic carbocycles. The fourth-order valence-corrected chi connectivity index (χ4v) is 4.14. The van der Waals surface area contributed by atoms with E-state index in [2.05, 4.69) is 15.9 Å². The Hall–Kier alpha value is -3.37. The molecule has 0 bridgehead atoms. The quantitative estimate of drug-likeness (QED) is 0.282. The van der Waals surface area contributed by atoms with Gasteiger partial charge in [0.25, 0.3) is 0 Å². The summed E-state index contributed by atoms with van der Waals surface area (Å²) in [6.45, 7) is 0. The SMILES string of the molecule is COc1cc(Br)c(-c2ccc(-c3ccccc3)c(C(=O)c3ccccc3)c2)cc1OC. The summed E-state index contributed by atoms with van der Waals surface area (Å²) in [5.74, 6) is 1.25. The van der Waals surface area contributed by atoms with Crippen LogP contribution in [0.5, 0.6) is 11.5 Å². The van der Waals surface area contributed by atoms with E-state index in [0.717, 1.165) is 26.7 Å². The molecule has 154 valence electrons. The number of ether oxygens (including phenoxy) is 2. The molecule has 3 nitrogen and oxygen atoms in total. The Balaban J connectivity index is 1.90. The van der Waals surface area contributed by atoms with E-state index >= 15 is 0 Å². The molecule has 0 spiro atoms. The highest BCUT2D eigenvalue weighted by molar-refractivity contribution is 9.10. The molecular weight excluding hydrogens is 452 g/mol. The average molecular weight is 473 g/mol. The summed E-state index contributed by atoms with van der Waals surface area (Å²) in [6, 6.07) is 29.1. The molecule has 0 saturated carbocycles. The van der Waals surface area contributed by atoms with Crippen molar-refractivity contribution in [3.63, 3.8) is 0 Å². The van der Waals surface area contributed by atoms with Crippen molar-refractivity contribution in [2.24, 2.45) is 0 Å². The molecule has 0 aliphatic heterocycles. The summed E-state index contributed by atoms with van der Waals surface area (Å²) in [6.07, 6.45) is 0. The lowest BCUT2D eigenvalue weighted by Gasteiger charge is -2.15. The van der Waals surface area contributed by atoms with Crippen molar-refractivity contribution in [2.75, 3.05) is 14.2 Å². The summed E-state index contributed by atoms with van der Waals surface area (Å²) in [5, 5.41) is 0. The van der Waals surface area contributed by atoms with E-state index in [1.165, 1.54) is 0 Å². The van der Waals surface area contributed by atoms with Crippen LogP contribution in [-0.4, -0.2) is 20.0 Å². The summed E-state index contributed by atoms with van der Waals surface area (Å²) in [4.78, 5) is 13.5. The summed E-state index contributed by atoms with van der Waals surface area (Å²) in [5.41, 5.74) is 5.03. The third-order valence-corrected chi connectivity index (χ3v) is 5.83. The van der Waals surface area contributed by atoms with E-state index in [0.29, 0.717) is 22.6 Å². The van der Waals surface area contributed by atoms with Gasteiger partial charge in [-0.2, -0.15) is 0 Å². The maximum absolute atomic E-state index is 13.5. The maximum atomic E-state index is 13.5. The van der Waals surface area contributed by atoms with Gasteiger partial charge in [-0.25, -0.2) is 0 Å². The lowest BCUT2D eigenvalue weighted by Crippen LogP contribution is -2.04. The smallest absolute Gasteiger partial charge is 0.193 e. The molecule has 0 N–H and O–H groups in total. The number of ketones is 1. The summed E-state index contributed by atoms with van der Waals surface area (Å²) >= 11 is 3.64. The van der Waals surface area contributed by atoms with Crippen molar-refractivity contribution in [3.8, 4) is 33.8 Å². The van der Waals surface area contributed by atoms with Crippen LogP contribution < -0.4 is 9.47 Å². The van der Waals surface area contributed by atoms with Gasteiger partial charge < -0.3 is 9.47 Å². The zero-order valence-electron chi connectivity index (χ0n) is 17.3. The van der Waals surface area contributed by atoms with Crippen LogP contribution in [0.15, 0.2) is 95.5 Å². The second-order valence-corrected chi connectivity index (χ2v) is 7.86. The molecule has 0 atom stereocenters. The molecule has 4 rings (SSSR count). The van der Waals surface area contributed by atoms with Gasteiger partial charge in [0.2, 0.25) is 0 Å². The predicted molar refractivity (Wildman–Crippen MR) is 128 cm³/mol. The zero-order chi connectivity index (χ0) is 21.8. The normalized spacial score (nSPS) is 10.5. The molecule has 0 aliphatic carbocycles. The van der Waals surface area contributed by atoms with Crippen LogP contribution in [0.2, 0.25) is 0 Å². The largest absolute Gasteiger partial charge is 0.493 e. The number of hydrogen-bond acceptors (Lipinski definition) is 3. The fourth-order valence-electron chi connectivity index (χ4n) is 3.59. The second-order valence-electron chi connectivity index (χ2n) is 7.01. The first-order valence-electron chi connectivity index (χ1n) is 9.83. The van der Waals surface area contributed by atoms with E-state index in [-0.39, 0.29) is 5.78 Å². The minimum atomic E-state index is -0.0158. The highest BCUT2D eigenvalue weighted by Crippen LogP contribution is 2.40. The summed E-state index contributed by atoms with van der Waals surface area (Å²) < 4.78 is 11.7. The highest BCUT2D eigenvalue weighted by Gasteiger charge is 2.18. The fraction of sp³-hybridized carbons (Fsp3) is 0.0741. The van der Waals surface area contributed by atoms with Gasteiger partial charge >= 0.3 is 0 Å². The molecule has 31 heavy (non-hydrogen) atoms. The first-order chi connectivity index (χ1) is 15.1. The minimum absolute atomic E-state index is 0.0158. The number of benzene rings is 4. The number of methoxy groups -OCH3 is 2.